The van der Waals surface area contributed by atoms with Crippen LogP contribution in [0.1, 0.15) is 44.9 Å². The van der Waals surface area contributed by atoms with Gasteiger partial charge in [0.1, 0.15) is 5.54 Å². The molecule has 0 aromatic carbocycles. The van der Waals surface area contributed by atoms with E-state index in [1.807, 2.05) is 0 Å². The number of H-pyrrole nitrogens is 1. The molecule has 1 saturated carbocycles. The summed E-state index contributed by atoms with van der Waals surface area (Å²) in [5.74, 6) is -0.0771. The van der Waals surface area contributed by atoms with Gasteiger partial charge in [-0.15, -0.1) is 5.10 Å². The quantitative estimate of drug-likeness (QED) is 0.732. The van der Waals surface area contributed by atoms with E-state index in [-0.39, 0.29) is 23.5 Å². The number of amides is 1. The predicted octanol–water partition coefficient (Wildman–Crippen LogP) is 1.19. The van der Waals surface area contributed by atoms with Gasteiger partial charge in [-0.1, -0.05) is 31.0 Å². The normalized spacial score (nSPS) is 22.4. The summed E-state index contributed by atoms with van der Waals surface area (Å²) >= 11 is 1.20. The molecule has 9 heteroatoms. The number of hydrogen-bond acceptors (Lipinski definition) is 6. The molecule has 1 aliphatic heterocycles. The number of nitrogens with zero attached hydrogens (tertiary/aromatic N) is 3. The van der Waals surface area contributed by atoms with Crippen molar-refractivity contribution in [2.24, 2.45) is 0 Å². The second-order valence-corrected chi connectivity index (χ2v) is 7.59. The molecule has 136 valence electrons. The van der Waals surface area contributed by atoms with Gasteiger partial charge in [0, 0.05) is 6.61 Å². The Morgan fingerprint density at radius 1 is 1.44 bits per heavy atom. The smallest absolute Gasteiger partial charge is 0.344 e. The Kier molecular flexibility index (Phi) is 5.81. The fourth-order valence-corrected chi connectivity index (χ4v) is 4.18. The zero-order valence-electron chi connectivity index (χ0n) is 14.1. The van der Waals surface area contributed by atoms with Crippen molar-refractivity contribution >= 4 is 17.7 Å². The monoisotopic (exact) mass is 365 g/mol. The maximum absolute atomic E-state index is 12.3. The Hall–Kier alpha value is -1.79. The number of carbonyl (C=O) groups is 1. The molecule has 1 aromatic heterocycles. The van der Waals surface area contributed by atoms with E-state index in [1.54, 1.807) is 0 Å². The van der Waals surface area contributed by atoms with Gasteiger partial charge in [0.25, 0.3) is 0 Å². The molecule has 1 saturated heterocycles. The largest absolute Gasteiger partial charge is 0.376 e. The van der Waals surface area contributed by atoms with Gasteiger partial charge in [-0.2, -0.15) is 5.26 Å². The fraction of sp³-hybridized carbons (Fsp3) is 0.750. The van der Waals surface area contributed by atoms with Crippen LogP contribution in [0.5, 0.6) is 0 Å². The molecule has 25 heavy (non-hydrogen) atoms. The third-order valence-corrected chi connectivity index (χ3v) is 5.74. The lowest BCUT2D eigenvalue weighted by Gasteiger charge is -2.31. The minimum absolute atomic E-state index is 0.0209. The topological polar surface area (TPSA) is 113 Å². The van der Waals surface area contributed by atoms with Gasteiger partial charge in [0.05, 0.1) is 24.5 Å². The minimum atomic E-state index is -0.737. The van der Waals surface area contributed by atoms with Crippen LogP contribution in [0.3, 0.4) is 0 Å². The summed E-state index contributed by atoms with van der Waals surface area (Å²) in [5, 5.41) is 19.2. The number of carbonyl (C=O) groups excluding carboxylic acids is 1. The molecule has 2 heterocycles. The van der Waals surface area contributed by atoms with Crippen molar-refractivity contribution in [1.29, 1.82) is 5.26 Å². The van der Waals surface area contributed by atoms with E-state index in [1.165, 1.54) is 16.3 Å². The molecule has 2 fully saturated rings. The maximum atomic E-state index is 12.3. The summed E-state index contributed by atoms with van der Waals surface area (Å²) in [6, 6.07) is 2.28. The minimum Gasteiger partial charge on any atom is -0.376 e. The fourth-order valence-electron chi connectivity index (χ4n) is 3.42. The van der Waals surface area contributed by atoms with Crippen LogP contribution in [-0.4, -0.2) is 44.7 Å². The van der Waals surface area contributed by atoms with E-state index >= 15 is 0 Å². The second-order valence-electron chi connectivity index (χ2n) is 6.65. The average molecular weight is 365 g/mol. The molecule has 8 nitrogen and oxygen atoms in total. The third kappa shape index (κ3) is 4.44. The van der Waals surface area contributed by atoms with E-state index in [0.29, 0.717) is 24.5 Å². The first-order valence-corrected chi connectivity index (χ1v) is 9.72. The lowest BCUT2D eigenvalue weighted by Crippen LogP contribution is -2.49. The molecule has 1 aliphatic carbocycles. The van der Waals surface area contributed by atoms with Crippen LogP contribution in [-0.2, 0) is 16.1 Å². The van der Waals surface area contributed by atoms with E-state index in [0.717, 1.165) is 38.7 Å². The Balaban J connectivity index is 1.57. The number of nitrogens with one attached hydrogen (secondary N) is 2. The van der Waals surface area contributed by atoms with Gasteiger partial charge in [-0.05, 0) is 25.7 Å². The van der Waals surface area contributed by atoms with Crippen molar-refractivity contribution in [3.05, 3.63) is 10.5 Å². The molecule has 3 rings (SSSR count). The van der Waals surface area contributed by atoms with Crippen molar-refractivity contribution in [3.63, 3.8) is 0 Å². The van der Waals surface area contributed by atoms with Crippen molar-refractivity contribution in [1.82, 2.24) is 20.1 Å². The molecular weight excluding hydrogens is 342 g/mol. The molecule has 0 bridgehead atoms. The second kappa shape index (κ2) is 8.06. The Morgan fingerprint density at radius 2 is 2.24 bits per heavy atom. The number of thioether (sulfide) groups is 1. The zero-order chi connectivity index (χ0) is 17.7. The Bertz CT molecular complexity index is 695. The van der Waals surface area contributed by atoms with Gasteiger partial charge in [0.2, 0.25) is 5.91 Å². The summed E-state index contributed by atoms with van der Waals surface area (Å²) in [5.41, 5.74) is -1.03. The van der Waals surface area contributed by atoms with Crippen LogP contribution in [0.15, 0.2) is 9.95 Å². The summed E-state index contributed by atoms with van der Waals surface area (Å²) in [4.78, 5) is 24.2. The first-order chi connectivity index (χ1) is 12.1. The van der Waals surface area contributed by atoms with E-state index in [4.69, 9.17) is 4.74 Å². The lowest BCUT2D eigenvalue weighted by atomic mass is 9.83. The number of ether oxygens (including phenoxy) is 1. The summed E-state index contributed by atoms with van der Waals surface area (Å²) in [7, 11) is 0. The van der Waals surface area contributed by atoms with Crippen LogP contribution in [0, 0.1) is 11.3 Å². The lowest BCUT2D eigenvalue weighted by molar-refractivity contribution is -0.120. The van der Waals surface area contributed by atoms with Gasteiger partial charge in [-0.3, -0.25) is 9.36 Å². The van der Waals surface area contributed by atoms with Crippen LogP contribution in [0.25, 0.3) is 0 Å². The number of aromatic amines is 1. The van der Waals surface area contributed by atoms with Gasteiger partial charge in [-0.25, -0.2) is 9.89 Å². The molecular formula is C16H23N5O3S. The van der Waals surface area contributed by atoms with Crippen molar-refractivity contribution in [2.45, 2.75) is 68.3 Å². The van der Waals surface area contributed by atoms with Crippen molar-refractivity contribution < 1.29 is 9.53 Å². The highest BCUT2D eigenvalue weighted by Gasteiger charge is 2.33. The molecule has 0 radical (unpaired) electrons. The summed E-state index contributed by atoms with van der Waals surface area (Å²) < 4.78 is 7.09. The Labute approximate surface area is 150 Å². The number of aromatic nitrogens is 3. The zero-order valence-corrected chi connectivity index (χ0v) is 14.9. The first-order valence-electron chi connectivity index (χ1n) is 8.74. The third-order valence-electron chi connectivity index (χ3n) is 4.77. The van der Waals surface area contributed by atoms with E-state index in [2.05, 4.69) is 21.6 Å². The number of hydrogen-bond donors (Lipinski definition) is 2. The molecule has 1 aromatic rings. The highest BCUT2D eigenvalue weighted by atomic mass is 32.2. The molecule has 0 spiro atoms. The summed E-state index contributed by atoms with van der Waals surface area (Å²) in [6.45, 7) is 1.17. The van der Waals surface area contributed by atoms with Gasteiger partial charge >= 0.3 is 5.69 Å². The highest BCUT2D eigenvalue weighted by Crippen LogP contribution is 2.28. The average Bonchev–Trinajstić information content (AvgIpc) is 3.25. The molecule has 1 amide bonds. The standard InChI is InChI=1S/C16H23N5O3S/c17-11-16(6-2-1-3-7-16)18-13(22)10-25-15-20-19-14(23)21(15)9-12-5-4-8-24-12/h12H,1-10H2,(H,18,22)(H,19,23)/t12-/m1/s1. The van der Waals surface area contributed by atoms with Gasteiger partial charge < -0.3 is 10.1 Å². The van der Waals surface area contributed by atoms with E-state index < -0.39 is 5.54 Å². The summed E-state index contributed by atoms with van der Waals surface area (Å²) in [6.07, 6.45) is 6.37. The van der Waals surface area contributed by atoms with Crippen LogP contribution in [0.2, 0.25) is 0 Å². The van der Waals surface area contributed by atoms with Crippen molar-refractivity contribution in [2.75, 3.05) is 12.4 Å². The van der Waals surface area contributed by atoms with E-state index in [9.17, 15) is 14.9 Å². The number of rotatable bonds is 6. The van der Waals surface area contributed by atoms with Crippen molar-refractivity contribution in [3.8, 4) is 6.07 Å². The number of nitriles is 1. The van der Waals surface area contributed by atoms with Crippen LogP contribution < -0.4 is 11.0 Å². The van der Waals surface area contributed by atoms with Crippen LogP contribution >= 0.6 is 11.8 Å². The first kappa shape index (κ1) is 18.0. The highest BCUT2D eigenvalue weighted by molar-refractivity contribution is 7.99. The predicted molar refractivity (Wildman–Crippen MR) is 92.1 cm³/mol. The maximum Gasteiger partial charge on any atom is 0.344 e. The Morgan fingerprint density at radius 3 is 2.92 bits per heavy atom. The molecule has 2 aliphatic rings. The molecule has 1 atom stereocenters. The SMILES string of the molecule is N#CC1(NC(=O)CSc2n[nH]c(=O)n2C[C@H]2CCCO2)CCCCC1. The van der Waals surface area contributed by atoms with Crippen LogP contribution in [0.4, 0.5) is 0 Å². The molecule has 0 unspecified atom stereocenters. The van der Waals surface area contributed by atoms with Gasteiger partial charge in [0.15, 0.2) is 5.16 Å². The molecule has 2 N–H and O–H groups in total.